The van der Waals surface area contributed by atoms with Gasteiger partial charge in [-0.15, -0.1) is 0 Å². The van der Waals surface area contributed by atoms with E-state index < -0.39 is 5.91 Å². The van der Waals surface area contributed by atoms with Gasteiger partial charge in [-0.05, 0) is 12.1 Å². The number of carbonyl (C=O) groups is 2. The molecule has 1 amide bonds. The van der Waals surface area contributed by atoms with E-state index in [1.165, 1.54) is 0 Å². The summed E-state index contributed by atoms with van der Waals surface area (Å²) in [6.07, 6.45) is 1.40. The van der Waals surface area contributed by atoms with Crippen molar-refractivity contribution in [1.82, 2.24) is 15.2 Å². The molecular weight excluding hydrogens is 268 g/mol. The van der Waals surface area contributed by atoms with Crippen LogP contribution in [0.4, 0.5) is 5.82 Å². The summed E-state index contributed by atoms with van der Waals surface area (Å²) in [5, 5.41) is 10.0. The zero-order valence-corrected chi connectivity index (χ0v) is 11.0. The first-order valence-electron chi connectivity index (χ1n) is 6.41. The smallest absolute Gasteiger partial charge is 0.233 e. The van der Waals surface area contributed by atoms with Crippen molar-refractivity contribution >= 4 is 28.5 Å². The number of nitrogens with one attached hydrogen (secondary N) is 2. The van der Waals surface area contributed by atoms with Gasteiger partial charge in [-0.3, -0.25) is 14.7 Å². The minimum absolute atomic E-state index is 0.217. The fraction of sp³-hybridized carbons (Fsp3) is 0.0667. The molecule has 0 saturated carbocycles. The number of ketones is 1. The van der Waals surface area contributed by atoms with E-state index in [0.29, 0.717) is 22.4 Å². The molecular formula is C15H12N4O2. The SMILES string of the molecule is O=C(CC(=O)c1ccccc1)Nc1[nH]nc2ncccc12. The number of aromatic amines is 1. The second kappa shape index (κ2) is 5.54. The lowest BCUT2D eigenvalue weighted by Gasteiger charge is -2.03. The number of aromatic nitrogens is 3. The Labute approximate surface area is 120 Å². The number of benzene rings is 1. The monoisotopic (exact) mass is 280 g/mol. The molecule has 6 heteroatoms. The summed E-state index contributed by atoms with van der Waals surface area (Å²) in [5.74, 6) is -0.169. The third-order valence-electron chi connectivity index (χ3n) is 3.01. The lowest BCUT2D eigenvalue weighted by molar-refractivity contribution is -0.115. The van der Waals surface area contributed by atoms with E-state index in [9.17, 15) is 9.59 Å². The van der Waals surface area contributed by atoms with Gasteiger partial charge >= 0.3 is 0 Å². The fourth-order valence-corrected chi connectivity index (χ4v) is 2.00. The van der Waals surface area contributed by atoms with Crippen LogP contribution >= 0.6 is 0 Å². The van der Waals surface area contributed by atoms with E-state index in [-0.39, 0.29) is 12.2 Å². The molecule has 2 N–H and O–H groups in total. The van der Waals surface area contributed by atoms with Gasteiger partial charge in [0.25, 0.3) is 0 Å². The number of hydrogen-bond donors (Lipinski definition) is 2. The van der Waals surface area contributed by atoms with Crippen LogP contribution in [0.3, 0.4) is 0 Å². The minimum atomic E-state index is -0.391. The number of nitrogens with zero attached hydrogens (tertiary/aromatic N) is 2. The van der Waals surface area contributed by atoms with Gasteiger partial charge in [0.1, 0.15) is 5.82 Å². The molecule has 3 rings (SSSR count). The molecule has 0 aliphatic heterocycles. The van der Waals surface area contributed by atoms with Crippen LogP contribution in [0.2, 0.25) is 0 Å². The molecule has 6 nitrogen and oxygen atoms in total. The van der Waals surface area contributed by atoms with Crippen molar-refractivity contribution in [1.29, 1.82) is 0 Å². The molecule has 0 spiro atoms. The van der Waals surface area contributed by atoms with Gasteiger partial charge in [0.2, 0.25) is 5.91 Å². The molecule has 0 aliphatic rings. The van der Waals surface area contributed by atoms with Crippen molar-refractivity contribution in [3.8, 4) is 0 Å². The molecule has 0 radical (unpaired) electrons. The molecule has 21 heavy (non-hydrogen) atoms. The standard InChI is InChI=1S/C15H12N4O2/c20-12(10-5-2-1-3-6-10)9-13(21)17-15-11-7-4-8-16-14(11)18-19-15/h1-8H,9H2,(H2,16,17,18,19,21). The maximum atomic E-state index is 11.9. The van der Waals surface area contributed by atoms with Crippen LogP contribution in [0.1, 0.15) is 16.8 Å². The van der Waals surface area contributed by atoms with Crippen LogP contribution in [-0.4, -0.2) is 26.9 Å². The maximum Gasteiger partial charge on any atom is 0.233 e. The number of hydrogen-bond acceptors (Lipinski definition) is 4. The second-order valence-corrected chi connectivity index (χ2v) is 4.49. The van der Waals surface area contributed by atoms with Crippen LogP contribution in [0.5, 0.6) is 0 Å². The molecule has 0 unspecified atom stereocenters. The molecule has 2 aromatic heterocycles. The van der Waals surface area contributed by atoms with Gasteiger partial charge in [0, 0.05) is 11.8 Å². The van der Waals surface area contributed by atoms with Gasteiger partial charge in [-0.2, -0.15) is 5.10 Å². The highest BCUT2D eigenvalue weighted by atomic mass is 16.2. The van der Waals surface area contributed by atoms with Crippen molar-refractivity contribution in [2.75, 3.05) is 5.32 Å². The van der Waals surface area contributed by atoms with Crippen molar-refractivity contribution < 1.29 is 9.59 Å². The minimum Gasteiger partial charge on any atom is -0.310 e. The highest BCUT2D eigenvalue weighted by Crippen LogP contribution is 2.17. The summed E-state index contributed by atoms with van der Waals surface area (Å²) in [7, 11) is 0. The van der Waals surface area contributed by atoms with Gasteiger partial charge in [-0.1, -0.05) is 30.3 Å². The molecule has 104 valence electrons. The summed E-state index contributed by atoms with van der Waals surface area (Å²) >= 11 is 0. The summed E-state index contributed by atoms with van der Waals surface area (Å²) in [6.45, 7) is 0. The number of fused-ring (bicyclic) bond motifs is 1. The fourth-order valence-electron chi connectivity index (χ4n) is 2.00. The Balaban J connectivity index is 1.71. The average molecular weight is 280 g/mol. The predicted octanol–water partition coefficient (Wildman–Crippen LogP) is 2.17. The topological polar surface area (TPSA) is 87.7 Å². The van der Waals surface area contributed by atoms with Crippen LogP contribution in [0.25, 0.3) is 11.0 Å². The predicted molar refractivity (Wildman–Crippen MR) is 77.9 cm³/mol. The highest BCUT2D eigenvalue weighted by Gasteiger charge is 2.14. The lowest BCUT2D eigenvalue weighted by atomic mass is 10.1. The third kappa shape index (κ3) is 2.79. The Hall–Kier alpha value is -3.02. The molecule has 0 atom stereocenters. The summed E-state index contributed by atoms with van der Waals surface area (Å²) in [5.41, 5.74) is 1.03. The zero-order valence-electron chi connectivity index (χ0n) is 11.0. The summed E-state index contributed by atoms with van der Waals surface area (Å²) in [4.78, 5) is 27.9. The molecule has 0 saturated heterocycles. The van der Waals surface area contributed by atoms with E-state index in [1.54, 1.807) is 42.6 Å². The molecule has 3 aromatic rings. The first-order chi connectivity index (χ1) is 10.2. The summed E-state index contributed by atoms with van der Waals surface area (Å²) < 4.78 is 0. The van der Waals surface area contributed by atoms with Gasteiger partial charge < -0.3 is 5.32 Å². The highest BCUT2D eigenvalue weighted by molar-refractivity contribution is 6.12. The molecule has 0 fully saturated rings. The average Bonchev–Trinajstić information content (AvgIpc) is 2.91. The summed E-state index contributed by atoms with van der Waals surface area (Å²) in [6, 6.07) is 12.3. The van der Waals surface area contributed by atoms with E-state index in [1.807, 2.05) is 6.07 Å². The van der Waals surface area contributed by atoms with E-state index >= 15 is 0 Å². The molecule has 0 bridgehead atoms. The Bertz CT molecular complexity index is 796. The van der Waals surface area contributed by atoms with E-state index in [0.717, 1.165) is 0 Å². The first kappa shape index (κ1) is 13.0. The normalized spacial score (nSPS) is 10.5. The molecule has 0 aliphatic carbocycles. The van der Waals surface area contributed by atoms with Crippen molar-refractivity contribution in [3.63, 3.8) is 0 Å². The zero-order chi connectivity index (χ0) is 14.7. The Morgan fingerprint density at radius 1 is 1.10 bits per heavy atom. The largest absolute Gasteiger partial charge is 0.310 e. The van der Waals surface area contributed by atoms with Crippen molar-refractivity contribution in [2.24, 2.45) is 0 Å². The lowest BCUT2D eigenvalue weighted by Crippen LogP contribution is -2.17. The number of anilines is 1. The first-order valence-corrected chi connectivity index (χ1v) is 6.41. The molecule has 1 aromatic carbocycles. The van der Waals surface area contributed by atoms with E-state index in [2.05, 4.69) is 20.5 Å². The Morgan fingerprint density at radius 3 is 2.71 bits per heavy atom. The molecule has 2 heterocycles. The third-order valence-corrected chi connectivity index (χ3v) is 3.01. The van der Waals surface area contributed by atoms with E-state index in [4.69, 9.17) is 0 Å². The number of amides is 1. The van der Waals surface area contributed by atoms with Crippen LogP contribution in [-0.2, 0) is 4.79 Å². The Morgan fingerprint density at radius 2 is 1.90 bits per heavy atom. The number of carbonyl (C=O) groups excluding carboxylic acids is 2. The number of pyridine rings is 1. The number of H-pyrrole nitrogens is 1. The second-order valence-electron chi connectivity index (χ2n) is 4.49. The quantitative estimate of drug-likeness (QED) is 0.566. The number of Topliss-reactive ketones (excluding diaryl/α,β-unsaturated/α-hetero) is 1. The van der Waals surface area contributed by atoms with Gasteiger partial charge in [-0.25, -0.2) is 4.98 Å². The van der Waals surface area contributed by atoms with Crippen LogP contribution in [0.15, 0.2) is 48.7 Å². The van der Waals surface area contributed by atoms with Gasteiger partial charge in [0.05, 0.1) is 11.8 Å². The van der Waals surface area contributed by atoms with Crippen molar-refractivity contribution in [2.45, 2.75) is 6.42 Å². The van der Waals surface area contributed by atoms with Crippen molar-refractivity contribution in [3.05, 3.63) is 54.2 Å². The number of rotatable bonds is 4. The maximum absolute atomic E-state index is 11.9. The van der Waals surface area contributed by atoms with Crippen LogP contribution in [0, 0.1) is 0 Å². The van der Waals surface area contributed by atoms with Crippen LogP contribution < -0.4 is 5.32 Å². The Kier molecular flexibility index (Phi) is 3.42. The van der Waals surface area contributed by atoms with Gasteiger partial charge in [0.15, 0.2) is 11.4 Å².